The molecule has 0 saturated carbocycles. The number of piperidine rings is 1. The van der Waals surface area contributed by atoms with Gasteiger partial charge in [0.25, 0.3) is 0 Å². The lowest BCUT2D eigenvalue weighted by molar-refractivity contribution is 0.0459. The van der Waals surface area contributed by atoms with Gasteiger partial charge in [0.05, 0.1) is 6.10 Å². The van der Waals surface area contributed by atoms with Gasteiger partial charge in [-0.05, 0) is 51.3 Å². The van der Waals surface area contributed by atoms with Crippen molar-refractivity contribution in [2.45, 2.75) is 51.4 Å². The maximum absolute atomic E-state index is 12.9. The minimum atomic E-state index is -0.638. The fraction of sp³-hybridized carbons (Fsp3) is 0.611. The van der Waals surface area contributed by atoms with E-state index < -0.39 is 11.7 Å². The van der Waals surface area contributed by atoms with Crippen molar-refractivity contribution in [1.29, 1.82) is 0 Å². The number of ether oxygens (including phenoxy) is 1. The monoisotopic (exact) mass is 338 g/mol. The molecule has 1 aromatic carbocycles. The van der Waals surface area contributed by atoms with E-state index in [2.05, 4.69) is 10.2 Å². The molecule has 6 heteroatoms. The maximum atomic E-state index is 12.9. The third-order valence-corrected chi connectivity index (χ3v) is 3.99. The molecule has 2 rings (SSSR count). The summed E-state index contributed by atoms with van der Waals surface area (Å²) >= 11 is 0. The van der Waals surface area contributed by atoms with Gasteiger partial charge in [0.1, 0.15) is 11.4 Å². The summed E-state index contributed by atoms with van der Waals surface area (Å²) in [5, 5.41) is 13.1. The number of aliphatic hydroxyl groups is 1. The number of β-amino-alcohol motifs (C(OH)–C–C–N with tert-alkyl or cyclic N) is 1. The molecule has 1 aliphatic heterocycles. The Morgan fingerprint density at radius 2 is 1.92 bits per heavy atom. The lowest BCUT2D eigenvalue weighted by Crippen LogP contribution is -2.46. The average molecular weight is 338 g/mol. The summed E-state index contributed by atoms with van der Waals surface area (Å²) in [7, 11) is 0. The topological polar surface area (TPSA) is 61.8 Å². The Morgan fingerprint density at radius 1 is 1.33 bits per heavy atom. The van der Waals surface area contributed by atoms with Gasteiger partial charge in [0.2, 0.25) is 0 Å². The van der Waals surface area contributed by atoms with Crippen LogP contribution in [0, 0.1) is 5.82 Å². The van der Waals surface area contributed by atoms with Crippen LogP contribution in [0.1, 0.15) is 45.3 Å². The number of aliphatic hydroxyl groups excluding tert-OH is 1. The second-order valence-corrected chi connectivity index (χ2v) is 7.29. The van der Waals surface area contributed by atoms with E-state index in [9.17, 15) is 14.3 Å². The minimum absolute atomic E-state index is 0.0964. The lowest BCUT2D eigenvalue weighted by Gasteiger charge is -2.33. The molecule has 1 amide bonds. The van der Waals surface area contributed by atoms with Crippen molar-refractivity contribution in [2.75, 3.05) is 19.6 Å². The van der Waals surface area contributed by atoms with Gasteiger partial charge in [-0.25, -0.2) is 9.18 Å². The number of nitrogens with zero attached hydrogens (tertiary/aromatic N) is 1. The van der Waals surface area contributed by atoms with E-state index in [1.807, 2.05) is 20.8 Å². The number of likely N-dealkylation sites (tertiary alicyclic amines) is 1. The van der Waals surface area contributed by atoms with Crippen LogP contribution >= 0.6 is 0 Å². The van der Waals surface area contributed by atoms with E-state index in [0.29, 0.717) is 12.1 Å². The van der Waals surface area contributed by atoms with Crippen molar-refractivity contribution in [3.8, 4) is 0 Å². The number of amides is 1. The van der Waals surface area contributed by atoms with Crippen molar-refractivity contribution >= 4 is 6.09 Å². The first kappa shape index (κ1) is 18.7. The molecule has 5 nitrogen and oxygen atoms in total. The second kappa shape index (κ2) is 7.94. The molecule has 0 radical (unpaired) electrons. The van der Waals surface area contributed by atoms with Crippen molar-refractivity contribution in [1.82, 2.24) is 10.2 Å². The van der Waals surface area contributed by atoms with Gasteiger partial charge in [-0.3, -0.25) is 0 Å². The standard InChI is InChI=1S/C18H27FN2O3/c1-18(2,3)24-17(23)20-15-8-10-21(11-9-15)12-16(22)13-4-6-14(19)7-5-13/h4-7,15-16,22H,8-12H2,1-3H3,(H,20,23). The van der Waals surface area contributed by atoms with Crippen molar-refractivity contribution in [3.63, 3.8) is 0 Å². The first-order valence-corrected chi connectivity index (χ1v) is 8.38. The van der Waals surface area contributed by atoms with Gasteiger partial charge < -0.3 is 20.1 Å². The summed E-state index contributed by atoms with van der Waals surface area (Å²) in [5.74, 6) is -0.306. The molecule has 1 heterocycles. The highest BCUT2D eigenvalue weighted by atomic mass is 19.1. The van der Waals surface area contributed by atoms with Gasteiger partial charge >= 0.3 is 6.09 Å². The van der Waals surface area contributed by atoms with Crippen LogP contribution in [0.2, 0.25) is 0 Å². The summed E-state index contributed by atoms with van der Waals surface area (Å²) in [4.78, 5) is 13.9. The highest BCUT2D eigenvalue weighted by Crippen LogP contribution is 2.18. The lowest BCUT2D eigenvalue weighted by atomic mass is 10.0. The van der Waals surface area contributed by atoms with Gasteiger partial charge in [0.15, 0.2) is 0 Å². The fourth-order valence-electron chi connectivity index (χ4n) is 2.77. The summed E-state index contributed by atoms with van der Waals surface area (Å²) in [6, 6.07) is 6.03. The maximum Gasteiger partial charge on any atom is 0.407 e. The van der Waals surface area contributed by atoms with Crippen LogP contribution in [-0.4, -0.2) is 47.4 Å². The minimum Gasteiger partial charge on any atom is -0.444 e. The molecule has 24 heavy (non-hydrogen) atoms. The number of carbonyl (C=O) groups is 1. The van der Waals surface area contributed by atoms with Crippen LogP contribution < -0.4 is 5.32 Å². The van der Waals surface area contributed by atoms with Crippen molar-refractivity contribution < 1.29 is 19.0 Å². The van der Waals surface area contributed by atoms with E-state index in [0.717, 1.165) is 25.9 Å². The highest BCUT2D eigenvalue weighted by Gasteiger charge is 2.24. The van der Waals surface area contributed by atoms with Crippen LogP contribution in [0.4, 0.5) is 9.18 Å². The van der Waals surface area contributed by atoms with E-state index in [1.165, 1.54) is 12.1 Å². The first-order valence-electron chi connectivity index (χ1n) is 8.38. The van der Waals surface area contributed by atoms with Crippen molar-refractivity contribution in [2.24, 2.45) is 0 Å². The number of alkyl carbamates (subject to hydrolysis) is 1. The molecule has 1 atom stereocenters. The normalized spacial score (nSPS) is 18.2. The Hall–Kier alpha value is -1.66. The summed E-state index contributed by atoms with van der Waals surface area (Å²) in [6.07, 6.45) is 0.610. The SMILES string of the molecule is CC(C)(C)OC(=O)NC1CCN(CC(O)c2ccc(F)cc2)CC1. The number of halogens is 1. The number of benzene rings is 1. The van der Waals surface area contributed by atoms with E-state index in [4.69, 9.17) is 4.74 Å². The summed E-state index contributed by atoms with van der Waals surface area (Å²) in [5.41, 5.74) is 0.217. The summed E-state index contributed by atoms with van der Waals surface area (Å²) in [6.45, 7) is 7.60. The Labute approximate surface area is 142 Å². The fourth-order valence-corrected chi connectivity index (χ4v) is 2.77. The Morgan fingerprint density at radius 3 is 2.46 bits per heavy atom. The first-order chi connectivity index (χ1) is 11.2. The highest BCUT2D eigenvalue weighted by molar-refractivity contribution is 5.68. The zero-order valence-corrected chi connectivity index (χ0v) is 14.6. The van der Waals surface area contributed by atoms with E-state index in [1.54, 1.807) is 12.1 Å². The van der Waals surface area contributed by atoms with E-state index in [-0.39, 0.29) is 18.0 Å². The largest absolute Gasteiger partial charge is 0.444 e. The average Bonchev–Trinajstić information content (AvgIpc) is 2.48. The quantitative estimate of drug-likeness (QED) is 0.886. The predicted octanol–water partition coefficient (Wildman–Crippen LogP) is 2.85. The van der Waals surface area contributed by atoms with Crippen LogP contribution in [0.5, 0.6) is 0 Å². The molecule has 1 aromatic rings. The third-order valence-electron chi connectivity index (χ3n) is 3.99. The van der Waals surface area contributed by atoms with Crippen LogP contribution in [0.15, 0.2) is 24.3 Å². The number of carbonyl (C=O) groups excluding carboxylic acids is 1. The molecule has 0 bridgehead atoms. The smallest absolute Gasteiger partial charge is 0.407 e. The molecular weight excluding hydrogens is 311 g/mol. The number of hydrogen-bond acceptors (Lipinski definition) is 4. The molecule has 1 saturated heterocycles. The molecular formula is C18H27FN2O3. The Bertz CT molecular complexity index is 534. The molecule has 0 aromatic heterocycles. The van der Waals surface area contributed by atoms with Gasteiger partial charge in [-0.2, -0.15) is 0 Å². The molecule has 134 valence electrons. The van der Waals surface area contributed by atoms with Gasteiger partial charge in [0, 0.05) is 25.7 Å². The molecule has 2 N–H and O–H groups in total. The molecule has 1 aliphatic rings. The Balaban J connectivity index is 1.74. The molecule has 0 aliphatic carbocycles. The number of hydrogen-bond donors (Lipinski definition) is 2. The molecule has 1 fully saturated rings. The molecule has 1 unspecified atom stereocenters. The summed E-state index contributed by atoms with van der Waals surface area (Å²) < 4.78 is 18.2. The zero-order valence-electron chi connectivity index (χ0n) is 14.6. The second-order valence-electron chi connectivity index (χ2n) is 7.29. The van der Waals surface area contributed by atoms with Crippen molar-refractivity contribution in [3.05, 3.63) is 35.6 Å². The number of nitrogens with one attached hydrogen (secondary N) is 1. The van der Waals surface area contributed by atoms with Crippen LogP contribution in [0.25, 0.3) is 0 Å². The molecule has 0 spiro atoms. The third kappa shape index (κ3) is 6.09. The van der Waals surface area contributed by atoms with Crippen LogP contribution in [0.3, 0.4) is 0 Å². The predicted molar refractivity (Wildman–Crippen MR) is 90.2 cm³/mol. The Kier molecular flexibility index (Phi) is 6.18. The van der Waals surface area contributed by atoms with E-state index >= 15 is 0 Å². The zero-order chi connectivity index (χ0) is 17.7. The van der Waals surface area contributed by atoms with Gasteiger partial charge in [-0.1, -0.05) is 12.1 Å². The van der Waals surface area contributed by atoms with Crippen LogP contribution in [-0.2, 0) is 4.74 Å². The van der Waals surface area contributed by atoms with Gasteiger partial charge in [-0.15, -0.1) is 0 Å². The number of rotatable bonds is 4.